The molecule has 47 heavy (non-hydrogen) atoms. The van der Waals surface area contributed by atoms with Crippen molar-refractivity contribution in [3.8, 4) is 11.5 Å². The molecule has 2 saturated carbocycles. The number of rotatable bonds is 15. The molecule has 3 aliphatic rings. The van der Waals surface area contributed by atoms with Gasteiger partial charge in [0.2, 0.25) is 0 Å². The zero-order chi connectivity index (χ0) is 33.0. The summed E-state index contributed by atoms with van der Waals surface area (Å²) >= 11 is 0. The van der Waals surface area contributed by atoms with E-state index < -0.39 is 6.10 Å². The third kappa shape index (κ3) is 7.61. The van der Waals surface area contributed by atoms with Crippen LogP contribution >= 0.6 is 0 Å². The molecule has 3 aliphatic carbocycles. The van der Waals surface area contributed by atoms with E-state index in [-0.39, 0.29) is 25.1 Å². The maximum Gasteiger partial charge on any atom is 0.161 e. The van der Waals surface area contributed by atoms with Gasteiger partial charge in [0.25, 0.3) is 0 Å². The van der Waals surface area contributed by atoms with Gasteiger partial charge in [-0.25, -0.2) is 0 Å². The van der Waals surface area contributed by atoms with Gasteiger partial charge < -0.3 is 39.9 Å². The van der Waals surface area contributed by atoms with Crippen molar-refractivity contribution in [1.82, 2.24) is 10.3 Å². The Morgan fingerprint density at radius 1 is 1.06 bits per heavy atom. The number of furan rings is 1. The summed E-state index contributed by atoms with van der Waals surface area (Å²) in [5, 5.41) is 45.2. The van der Waals surface area contributed by atoms with Gasteiger partial charge >= 0.3 is 0 Å². The lowest BCUT2D eigenvalue weighted by molar-refractivity contribution is 0.101. The molecular weight excluding hydrogens is 592 g/mol. The minimum atomic E-state index is -0.864. The van der Waals surface area contributed by atoms with Crippen molar-refractivity contribution >= 4 is 0 Å². The summed E-state index contributed by atoms with van der Waals surface area (Å²) in [5.41, 5.74) is 5.56. The normalized spacial score (nSPS) is 23.0. The Balaban J connectivity index is 1.14. The summed E-state index contributed by atoms with van der Waals surface area (Å²) in [6.07, 6.45) is 13.2. The highest BCUT2D eigenvalue weighted by molar-refractivity contribution is 5.42. The molecule has 5 atom stereocenters. The first kappa shape index (κ1) is 34.1. The minimum absolute atomic E-state index is 0.0195. The Morgan fingerprint density at radius 3 is 2.66 bits per heavy atom. The molecule has 2 aromatic heterocycles. The van der Waals surface area contributed by atoms with Crippen LogP contribution in [-0.4, -0.2) is 51.2 Å². The van der Waals surface area contributed by atoms with E-state index in [1.54, 1.807) is 6.07 Å². The predicted molar refractivity (Wildman–Crippen MR) is 183 cm³/mol. The van der Waals surface area contributed by atoms with Crippen LogP contribution in [0.25, 0.3) is 0 Å². The van der Waals surface area contributed by atoms with Crippen molar-refractivity contribution in [3.63, 3.8) is 0 Å². The van der Waals surface area contributed by atoms with E-state index in [0.717, 1.165) is 66.5 Å². The summed E-state index contributed by atoms with van der Waals surface area (Å²) in [4.78, 5) is 3.67. The number of nitrogens with one attached hydrogen (secondary N) is 2. The van der Waals surface area contributed by atoms with Gasteiger partial charge in [-0.3, -0.25) is 0 Å². The summed E-state index contributed by atoms with van der Waals surface area (Å²) in [6, 6.07) is 9.50. The van der Waals surface area contributed by atoms with Crippen molar-refractivity contribution in [3.05, 3.63) is 69.9 Å². The Bertz CT molecular complexity index is 1450. The maximum absolute atomic E-state index is 11.4. The number of H-pyrrole nitrogens is 1. The quantitative estimate of drug-likeness (QED) is 0.109. The second-order valence-corrected chi connectivity index (χ2v) is 14.8. The van der Waals surface area contributed by atoms with Crippen LogP contribution in [0.1, 0.15) is 123 Å². The zero-order valence-corrected chi connectivity index (χ0v) is 28.4. The standard InChI is InChI=1S/C39H56N2O6/c1-3-4-10-37-27(23-42)18-28(47-37)13-11-26-12-14-35(44)38(17-26)46-24-36(45)33-19-30-31(22-40-21-25(2)43)29-8-7-9-32(29)39(15-5-6-16-39)20-34(30)41-33/h12,14,17-19,25,29,31-32,36,40-45H,3-11,13,15-16,20-24H2,1-2H3/t25-,29-,31-,32-,36-/m0/s1. The number of hydrogen-bond donors (Lipinski definition) is 6. The van der Waals surface area contributed by atoms with Gasteiger partial charge in [-0.2, -0.15) is 0 Å². The lowest BCUT2D eigenvalue weighted by Crippen LogP contribution is -2.36. The number of hydrogen-bond acceptors (Lipinski definition) is 7. The first-order valence-electron chi connectivity index (χ1n) is 18.2. The van der Waals surface area contributed by atoms with Crippen molar-refractivity contribution < 1.29 is 29.6 Å². The molecule has 0 amide bonds. The zero-order valence-electron chi connectivity index (χ0n) is 28.4. The number of aliphatic hydroxyl groups is 3. The van der Waals surface area contributed by atoms with Crippen molar-refractivity contribution in [1.29, 1.82) is 0 Å². The average Bonchev–Trinajstić information content (AvgIpc) is 3.87. The van der Waals surface area contributed by atoms with Crippen LogP contribution in [-0.2, 0) is 32.3 Å². The van der Waals surface area contributed by atoms with Gasteiger partial charge in [-0.05, 0) is 105 Å². The molecule has 1 spiro atoms. The van der Waals surface area contributed by atoms with Crippen LogP contribution in [0.2, 0.25) is 0 Å². The maximum atomic E-state index is 11.4. The molecule has 0 radical (unpaired) electrons. The minimum Gasteiger partial charge on any atom is -0.504 e. The first-order chi connectivity index (χ1) is 22.8. The van der Waals surface area contributed by atoms with Gasteiger partial charge in [0.1, 0.15) is 24.2 Å². The van der Waals surface area contributed by atoms with E-state index in [0.29, 0.717) is 42.4 Å². The molecule has 0 bridgehead atoms. The van der Waals surface area contributed by atoms with Crippen LogP contribution < -0.4 is 10.1 Å². The molecule has 3 aromatic rings. The van der Waals surface area contributed by atoms with Crippen LogP contribution in [0.5, 0.6) is 11.5 Å². The summed E-state index contributed by atoms with van der Waals surface area (Å²) in [5.74, 6) is 3.83. The number of aromatic hydroxyl groups is 1. The molecule has 258 valence electrons. The fraction of sp³-hybridized carbons (Fsp3) is 0.641. The second kappa shape index (κ2) is 15.2. The summed E-state index contributed by atoms with van der Waals surface area (Å²) in [6.45, 7) is 5.39. The van der Waals surface area contributed by atoms with E-state index in [4.69, 9.17) is 9.15 Å². The number of aliphatic hydroxyl groups excluding tert-OH is 3. The van der Waals surface area contributed by atoms with Gasteiger partial charge in [-0.15, -0.1) is 0 Å². The SMILES string of the molecule is CCCCc1oc(CCc2ccc(O)c(OC[C@H](O)c3cc4c([nH]3)CC3(CCCC3)[C@H]3CCC[C@H]3[C@@H]4CNC[C@H](C)O)c2)cc1CO. The molecule has 6 N–H and O–H groups in total. The third-order valence-corrected chi connectivity index (χ3v) is 11.5. The molecule has 0 unspecified atom stereocenters. The van der Waals surface area contributed by atoms with Crippen molar-refractivity contribution in [2.75, 3.05) is 19.7 Å². The average molecular weight is 649 g/mol. The highest BCUT2D eigenvalue weighted by Gasteiger charge is 2.51. The largest absolute Gasteiger partial charge is 0.504 e. The number of ether oxygens (including phenoxy) is 1. The van der Waals surface area contributed by atoms with Crippen molar-refractivity contribution in [2.24, 2.45) is 17.3 Å². The fourth-order valence-electron chi connectivity index (χ4n) is 9.16. The molecule has 0 saturated heterocycles. The highest BCUT2D eigenvalue weighted by Crippen LogP contribution is 2.60. The number of benzene rings is 1. The van der Waals surface area contributed by atoms with Crippen LogP contribution in [0, 0.1) is 17.3 Å². The first-order valence-corrected chi connectivity index (χ1v) is 18.2. The van der Waals surface area contributed by atoms with E-state index >= 15 is 0 Å². The van der Waals surface area contributed by atoms with Crippen LogP contribution in [0.15, 0.2) is 34.7 Å². The molecule has 6 rings (SSSR count). The third-order valence-electron chi connectivity index (χ3n) is 11.5. The summed E-state index contributed by atoms with van der Waals surface area (Å²) < 4.78 is 12.1. The van der Waals surface area contributed by atoms with Gasteiger partial charge in [-0.1, -0.05) is 38.7 Å². The number of aromatic nitrogens is 1. The predicted octanol–water partition coefficient (Wildman–Crippen LogP) is 6.63. The lowest BCUT2D eigenvalue weighted by atomic mass is 9.66. The number of phenolic OH excluding ortho intramolecular Hbond substituents is 1. The molecule has 1 aromatic carbocycles. The number of aromatic amines is 1. The van der Waals surface area contributed by atoms with E-state index in [2.05, 4.69) is 23.3 Å². The number of unbranched alkanes of at least 4 members (excludes halogenated alkanes) is 1. The monoisotopic (exact) mass is 648 g/mol. The van der Waals surface area contributed by atoms with Gasteiger partial charge in [0, 0.05) is 48.8 Å². The Morgan fingerprint density at radius 2 is 1.89 bits per heavy atom. The van der Waals surface area contributed by atoms with E-state index in [9.17, 15) is 20.4 Å². The van der Waals surface area contributed by atoms with E-state index in [1.165, 1.54) is 56.2 Å². The van der Waals surface area contributed by atoms with Crippen molar-refractivity contribution in [2.45, 2.75) is 122 Å². The number of phenols is 1. The Hall–Kier alpha value is -2.78. The molecule has 0 aliphatic heterocycles. The summed E-state index contributed by atoms with van der Waals surface area (Å²) in [7, 11) is 0. The molecule has 8 heteroatoms. The highest BCUT2D eigenvalue weighted by atomic mass is 16.5. The fourth-order valence-corrected chi connectivity index (χ4v) is 9.16. The van der Waals surface area contributed by atoms with Crippen LogP contribution in [0.3, 0.4) is 0 Å². The Labute approximate surface area is 279 Å². The number of fused-ring (bicyclic) bond motifs is 3. The topological polar surface area (TPSA) is 131 Å². The van der Waals surface area contributed by atoms with E-state index in [1.807, 2.05) is 25.1 Å². The van der Waals surface area contributed by atoms with Crippen LogP contribution in [0.4, 0.5) is 0 Å². The molecular formula is C39H56N2O6. The second-order valence-electron chi connectivity index (χ2n) is 14.8. The number of aryl methyl sites for hydroxylation is 3. The lowest BCUT2D eigenvalue weighted by Gasteiger charge is -2.39. The molecule has 2 fully saturated rings. The molecule has 2 heterocycles. The smallest absolute Gasteiger partial charge is 0.161 e. The molecule has 8 nitrogen and oxygen atoms in total. The Kier molecular flexibility index (Phi) is 11.0. The van der Waals surface area contributed by atoms with Gasteiger partial charge in [0.05, 0.1) is 12.7 Å². The van der Waals surface area contributed by atoms with Gasteiger partial charge in [0.15, 0.2) is 11.5 Å².